The van der Waals surface area contributed by atoms with Gasteiger partial charge in [0.2, 0.25) is 0 Å². The van der Waals surface area contributed by atoms with Crippen molar-refractivity contribution < 1.29 is 0 Å². The lowest BCUT2D eigenvalue weighted by Gasteiger charge is -2.38. The summed E-state index contributed by atoms with van der Waals surface area (Å²) in [5.41, 5.74) is 2.55. The minimum absolute atomic E-state index is 0.634. The molecule has 4 heteroatoms. The van der Waals surface area contributed by atoms with Gasteiger partial charge in [0, 0.05) is 41.9 Å². The van der Waals surface area contributed by atoms with Gasteiger partial charge in [0.05, 0.1) is 0 Å². The van der Waals surface area contributed by atoms with Gasteiger partial charge in [-0.05, 0) is 52.0 Å². The Morgan fingerprint density at radius 2 is 2.19 bits per heavy atom. The molecule has 1 atom stereocenters. The van der Waals surface area contributed by atoms with Crippen LogP contribution in [0.5, 0.6) is 0 Å². The van der Waals surface area contributed by atoms with Crippen LogP contribution in [0.3, 0.4) is 0 Å². The lowest BCUT2D eigenvalue weighted by molar-refractivity contribution is 0.258. The fourth-order valence-corrected chi connectivity index (χ4v) is 3.24. The maximum atomic E-state index is 6.45. The second-order valence-corrected chi connectivity index (χ2v) is 6.53. The van der Waals surface area contributed by atoms with Crippen molar-refractivity contribution in [3.8, 4) is 0 Å². The first kappa shape index (κ1) is 16.6. The van der Waals surface area contributed by atoms with Crippen molar-refractivity contribution in [1.29, 1.82) is 0 Å². The van der Waals surface area contributed by atoms with E-state index in [-0.39, 0.29) is 0 Å². The van der Waals surface area contributed by atoms with E-state index in [1.165, 1.54) is 24.1 Å². The predicted octanol–water partition coefficient (Wildman–Crippen LogP) is 3.37. The van der Waals surface area contributed by atoms with E-state index in [1.807, 2.05) is 6.07 Å². The third-order valence-electron chi connectivity index (χ3n) is 4.29. The number of nitrogens with one attached hydrogen (secondary N) is 1. The zero-order valence-electron chi connectivity index (χ0n) is 13.5. The number of piperidine rings is 1. The van der Waals surface area contributed by atoms with E-state index in [0.717, 1.165) is 37.6 Å². The molecule has 3 nitrogen and oxygen atoms in total. The van der Waals surface area contributed by atoms with Crippen molar-refractivity contribution >= 4 is 17.3 Å². The Morgan fingerprint density at radius 3 is 2.90 bits per heavy atom. The van der Waals surface area contributed by atoms with Crippen LogP contribution < -0.4 is 10.2 Å². The minimum Gasteiger partial charge on any atom is -0.370 e. The van der Waals surface area contributed by atoms with Crippen LogP contribution in [0.2, 0.25) is 5.02 Å². The minimum atomic E-state index is 0.634. The fourth-order valence-electron chi connectivity index (χ4n) is 3.00. The molecule has 1 aromatic rings. The molecule has 118 valence electrons. The van der Waals surface area contributed by atoms with E-state index in [1.54, 1.807) is 0 Å². The summed E-state index contributed by atoms with van der Waals surface area (Å²) in [6, 6.07) is 6.92. The molecule has 1 heterocycles. The Balaban J connectivity index is 2.16. The number of hydrogen-bond acceptors (Lipinski definition) is 3. The molecule has 0 saturated carbocycles. The molecule has 1 fully saturated rings. The summed E-state index contributed by atoms with van der Waals surface area (Å²) in [7, 11) is 4.35. The van der Waals surface area contributed by atoms with Crippen LogP contribution in [0.4, 0.5) is 5.69 Å². The van der Waals surface area contributed by atoms with Gasteiger partial charge in [-0.25, -0.2) is 0 Å². The number of nitrogens with zero attached hydrogens (tertiary/aromatic N) is 2. The van der Waals surface area contributed by atoms with Crippen molar-refractivity contribution in [2.75, 3.05) is 38.6 Å². The molecule has 0 spiro atoms. The molecule has 0 bridgehead atoms. The maximum Gasteiger partial charge on any atom is 0.0471 e. The van der Waals surface area contributed by atoms with Crippen LogP contribution in [0.15, 0.2) is 18.2 Å². The zero-order valence-corrected chi connectivity index (χ0v) is 14.3. The van der Waals surface area contributed by atoms with Crippen molar-refractivity contribution in [3.05, 3.63) is 28.8 Å². The fraction of sp³-hybridized carbons (Fsp3) is 0.647. The molecule has 2 rings (SSSR count). The molecule has 0 aliphatic carbocycles. The van der Waals surface area contributed by atoms with Crippen LogP contribution in [-0.2, 0) is 6.54 Å². The van der Waals surface area contributed by atoms with E-state index < -0.39 is 0 Å². The van der Waals surface area contributed by atoms with Crippen LogP contribution in [0, 0.1) is 0 Å². The molecule has 1 aliphatic heterocycles. The average Bonchev–Trinajstić information content (AvgIpc) is 2.49. The number of halogens is 1. The Morgan fingerprint density at radius 1 is 1.38 bits per heavy atom. The Labute approximate surface area is 134 Å². The van der Waals surface area contributed by atoms with Gasteiger partial charge in [-0.3, -0.25) is 0 Å². The third kappa shape index (κ3) is 4.35. The lowest BCUT2D eigenvalue weighted by atomic mass is 10.0. The van der Waals surface area contributed by atoms with Crippen molar-refractivity contribution in [2.45, 2.75) is 38.8 Å². The Bertz CT molecular complexity index is 448. The van der Waals surface area contributed by atoms with Gasteiger partial charge in [0.1, 0.15) is 0 Å². The zero-order chi connectivity index (χ0) is 15.2. The van der Waals surface area contributed by atoms with Crippen LogP contribution in [0.1, 0.15) is 31.7 Å². The van der Waals surface area contributed by atoms with E-state index in [4.69, 9.17) is 11.6 Å². The molecule has 1 saturated heterocycles. The summed E-state index contributed by atoms with van der Waals surface area (Å²) < 4.78 is 0. The molecule has 0 radical (unpaired) electrons. The van der Waals surface area contributed by atoms with E-state index >= 15 is 0 Å². The largest absolute Gasteiger partial charge is 0.370 e. The number of benzene rings is 1. The highest BCUT2D eigenvalue weighted by Crippen LogP contribution is 2.30. The first-order chi connectivity index (χ1) is 10.1. The maximum absolute atomic E-state index is 6.45. The van der Waals surface area contributed by atoms with Gasteiger partial charge in [0.25, 0.3) is 0 Å². The standard InChI is InChI=1S/C17H28ClN3/c1-4-10-19-12-15-16(18)8-5-9-17(15)21-11-6-7-14(13-21)20(2)3/h5,8-9,14,19H,4,6-7,10-13H2,1-3H3. The number of hydrogen-bond donors (Lipinski definition) is 1. The topological polar surface area (TPSA) is 18.5 Å². The quantitative estimate of drug-likeness (QED) is 0.813. The predicted molar refractivity (Wildman–Crippen MR) is 92.4 cm³/mol. The Kier molecular flexibility index (Phi) is 6.34. The summed E-state index contributed by atoms with van der Waals surface area (Å²) in [5, 5.41) is 4.36. The van der Waals surface area contributed by atoms with Gasteiger partial charge in [0.15, 0.2) is 0 Å². The summed E-state index contributed by atoms with van der Waals surface area (Å²) >= 11 is 6.45. The molecule has 21 heavy (non-hydrogen) atoms. The monoisotopic (exact) mass is 309 g/mol. The van der Waals surface area contributed by atoms with Gasteiger partial charge in [-0.2, -0.15) is 0 Å². The molecular weight excluding hydrogens is 282 g/mol. The third-order valence-corrected chi connectivity index (χ3v) is 4.64. The number of anilines is 1. The summed E-state index contributed by atoms with van der Waals surface area (Å²) in [4.78, 5) is 4.84. The van der Waals surface area contributed by atoms with Crippen LogP contribution in [-0.4, -0.2) is 44.7 Å². The molecule has 1 aromatic carbocycles. The lowest BCUT2D eigenvalue weighted by Crippen LogP contribution is -2.45. The van der Waals surface area contributed by atoms with Gasteiger partial charge in [-0.15, -0.1) is 0 Å². The summed E-state index contributed by atoms with van der Waals surface area (Å²) in [5.74, 6) is 0. The Hall–Kier alpha value is -0.770. The summed E-state index contributed by atoms with van der Waals surface area (Å²) in [6.07, 6.45) is 3.68. The smallest absolute Gasteiger partial charge is 0.0471 e. The molecule has 1 aliphatic rings. The van der Waals surface area contributed by atoms with Gasteiger partial charge in [-0.1, -0.05) is 24.6 Å². The molecule has 0 amide bonds. The molecule has 1 N–H and O–H groups in total. The molecule has 1 unspecified atom stereocenters. The number of likely N-dealkylation sites (N-methyl/N-ethyl adjacent to an activating group) is 1. The van der Waals surface area contributed by atoms with Gasteiger partial charge >= 0.3 is 0 Å². The van der Waals surface area contributed by atoms with Gasteiger partial charge < -0.3 is 15.1 Å². The molecule has 0 aromatic heterocycles. The highest BCUT2D eigenvalue weighted by Gasteiger charge is 2.23. The van der Waals surface area contributed by atoms with E-state index in [2.05, 4.69) is 48.3 Å². The second-order valence-electron chi connectivity index (χ2n) is 6.12. The SMILES string of the molecule is CCCNCc1c(Cl)cccc1N1CCCC(N(C)C)C1. The highest BCUT2D eigenvalue weighted by molar-refractivity contribution is 6.31. The van der Waals surface area contributed by atoms with Crippen LogP contribution >= 0.6 is 11.6 Å². The first-order valence-electron chi connectivity index (χ1n) is 8.03. The van der Waals surface area contributed by atoms with E-state index in [9.17, 15) is 0 Å². The average molecular weight is 310 g/mol. The van der Waals surface area contributed by atoms with E-state index in [0.29, 0.717) is 6.04 Å². The van der Waals surface area contributed by atoms with Crippen molar-refractivity contribution in [1.82, 2.24) is 10.2 Å². The second kappa shape index (κ2) is 8.02. The number of rotatable bonds is 6. The van der Waals surface area contributed by atoms with Crippen molar-refractivity contribution in [3.63, 3.8) is 0 Å². The van der Waals surface area contributed by atoms with Crippen LogP contribution in [0.25, 0.3) is 0 Å². The highest BCUT2D eigenvalue weighted by atomic mass is 35.5. The molecular formula is C17H28ClN3. The normalized spacial score (nSPS) is 19.3. The van der Waals surface area contributed by atoms with Crippen molar-refractivity contribution in [2.24, 2.45) is 0 Å². The summed E-state index contributed by atoms with van der Waals surface area (Å²) in [6.45, 7) is 6.30. The first-order valence-corrected chi connectivity index (χ1v) is 8.40.